The summed E-state index contributed by atoms with van der Waals surface area (Å²) in [6.07, 6.45) is 0. The zero-order valence-electron chi connectivity index (χ0n) is 8.46. The Hall–Kier alpha value is -1.06. The number of rotatable bonds is 0. The van der Waals surface area contributed by atoms with Crippen LogP contribution in [0.4, 0.5) is 0 Å². The minimum absolute atomic E-state index is 0.0926. The van der Waals surface area contributed by atoms with E-state index in [0.717, 1.165) is 5.84 Å². The average molecular weight is 171 g/mol. The quantitative estimate of drug-likeness (QED) is 0.539. The molecule has 0 aromatic carbocycles. The van der Waals surface area contributed by atoms with Crippen molar-refractivity contribution in [1.82, 2.24) is 9.91 Å². The maximum absolute atomic E-state index is 11.0. The lowest BCUT2D eigenvalue weighted by Gasteiger charge is -2.26. The fourth-order valence-corrected chi connectivity index (χ4v) is 0.832. The van der Waals surface area contributed by atoms with Gasteiger partial charge in [0.2, 0.25) is 5.91 Å². The largest absolute Gasteiger partial charge is 0.301 e. The van der Waals surface area contributed by atoms with E-state index in [-0.39, 0.29) is 5.91 Å². The van der Waals surface area contributed by atoms with Crippen molar-refractivity contribution in [3.63, 3.8) is 0 Å². The van der Waals surface area contributed by atoms with E-state index >= 15 is 0 Å². The van der Waals surface area contributed by atoms with Crippen LogP contribution in [0.25, 0.3) is 0 Å². The molecule has 0 unspecified atom stereocenters. The second-order valence-electron chi connectivity index (χ2n) is 2.42. The highest BCUT2D eigenvalue weighted by atomic mass is 16.2. The molecule has 1 aliphatic heterocycles. The van der Waals surface area contributed by atoms with Crippen LogP contribution in [-0.4, -0.2) is 42.3 Å². The standard InChI is InChI=1S/C6H11N3O.C2H6/c1-5-7-8(2)4-6(10)9(5)3;1-2/h4H2,1-3H3;1-2H3. The Morgan fingerprint density at radius 2 is 1.83 bits per heavy atom. The van der Waals surface area contributed by atoms with Gasteiger partial charge in [-0.25, -0.2) is 0 Å². The van der Waals surface area contributed by atoms with Gasteiger partial charge in [0.1, 0.15) is 12.4 Å². The van der Waals surface area contributed by atoms with Gasteiger partial charge in [-0.2, -0.15) is 5.10 Å². The Kier molecular flexibility index (Phi) is 4.33. The van der Waals surface area contributed by atoms with E-state index in [1.54, 1.807) is 24.0 Å². The van der Waals surface area contributed by atoms with Crippen molar-refractivity contribution in [1.29, 1.82) is 0 Å². The van der Waals surface area contributed by atoms with Crippen LogP contribution in [-0.2, 0) is 4.79 Å². The van der Waals surface area contributed by atoms with Gasteiger partial charge < -0.3 is 4.90 Å². The van der Waals surface area contributed by atoms with E-state index in [1.807, 2.05) is 20.8 Å². The number of carbonyl (C=O) groups is 1. The molecule has 0 fully saturated rings. The van der Waals surface area contributed by atoms with Crippen LogP contribution in [0.15, 0.2) is 5.10 Å². The first kappa shape index (κ1) is 10.9. The van der Waals surface area contributed by atoms with Crippen LogP contribution in [0.1, 0.15) is 20.8 Å². The second-order valence-corrected chi connectivity index (χ2v) is 2.42. The molecule has 0 bridgehead atoms. The maximum atomic E-state index is 11.0. The smallest absolute Gasteiger partial charge is 0.248 e. The Morgan fingerprint density at radius 3 is 2.25 bits per heavy atom. The van der Waals surface area contributed by atoms with Gasteiger partial charge in [0, 0.05) is 14.1 Å². The predicted octanol–water partition coefficient (Wildman–Crippen LogP) is 0.750. The number of amides is 1. The van der Waals surface area contributed by atoms with Crippen LogP contribution >= 0.6 is 0 Å². The molecule has 0 aliphatic carbocycles. The molecule has 4 nitrogen and oxygen atoms in total. The van der Waals surface area contributed by atoms with Crippen LogP contribution in [0.3, 0.4) is 0 Å². The van der Waals surface area contributed by atoms with Gasteiger partial charge in [0.25, 0.3) is 0 Å². The normalized spacial score (nSPS) is 16.8. The van der Waals surface area contributed by atoms with Gasteiger partial charge in [-0.15, -0.1) is 0 Å². The molecule has 1 aliphatic rings. The fourth-order valence-electron chi connectivity index (χ4n) is 0.832. The van der Waals surface area contributed by atoms with Gasteiger partial charge in [-0.1, -0.05) is 13.8 Å². The number of likely N-dealkylation sites (N-methyl/N-ethyl adjacent to an activating group) is 2. The summed E-state index contributed by atoms with van der Waals surface area (Å²) >= 11 is 0. The van der Waals surface area contributed by atoms with Crippen LogP contribution in [0, 0.1) is 0 Å². The van der Waals surface area contributed by atoms with E-state index < -0.39 is 0 Å². The minimum Gasteiger partial charge on any atom is -0.301 e. The van der Waals surface area contributed by atoms with Gasteiger partial charge in [-0.05, 0) is 6.92 Å². The van der Waals surface area contributed by atoms with E-state index in [0.29, 0.717) is 6.54 Å². The Morgan fingerprint density at radius 1 is 1.33 bits per heavy atom. The summed E-state index contributed by atoms with van der Waals surface area (Å²) in [6.45, 7) is 6.20. The van der Waals surface area contributed by atoms with E-state index in [2.05, 4.69) is 5.10 Å². The highest BCUT2D eigenvalue weighted by molar-refractivity contribution is 5.98. The molecule has 0 atom stereocenters. The molecule has 0 saturated heterocycles. The topological polar surface area (TPSA) is 35.9 Å². The molecular formula is C8H17N3O. The molecule has 0 aromatic rings. The highest BCUT2D eigenvalue weighted by Gasteiger charge is 2.18. The zero-order valence-corrected chi connectivity index (χ0v) is 8.46. The lowest BCUT2D eigenvalue weighted by Crippen LogP contribution is -2.43. The van der Waals surface area contributed by atoms with Crippen LogP contribution in [0.2, 0.25) is 0 Å². The Bertz CT molecular complexity index is 189. The lowest BCUT2D eigenvalue weighted by molar-refractivity contribution is -0.128. The van der Waals surface area contributed by atoms with Crippen molar-refractivity contribution in [3.8, 4) is 0 Å². The molecule has 1 heterocycles. The van der Waals surface area contributed by atoms with Crippen molar-refractivity contribution in [3.05, 3.63) is 0 Å². The summed E-state index contributed by atoms with van der Waals surface area (Å²) in [6, 6.07) is 0. The molecule has 0 radical (unpaired) electrons. The summed E-state index contributed by atoms with van der Waals surface area (Å²) in [5.74, 6) is 0.841. The van der Waals surface area contributed by atoms with E-state index in [4.69, 9.17) is 0 Å². The SMILES string of the molecule is CC.CC1=NN(C)CC(=O)N1C. The highest BCUT2D eigenvalue weighted by Crippen LogP contribution is 1.99. The Balaban J connectivity index is 0.000000561. The summed E-state index contributed by atoms with van der Waals surface area (Å²) in [7, 11) is 3.52. The summed E-state index contributed by atoms with van der Waals surface area (Å²) in [4.78, 5) is 12.6. The average Bonchev–Trinajstić information content (AvgIpc) is 2.04. The lowest BCUT2D eigenvalue weighted by atomic mass is 10.4. The number of hydrogen-bond donors (Lipinski definition) is 0. The van der Waals surface area contributed by atoms with Crippen molar-refractivity contribution >= 4 is 11.7 Å². The first-order valence-corrected chi connectivity index (χ1v) is 4.14. The zero-order chi connectivity index (χ0) is 9.72. The second kappa shape index (κ2) is 4.74. The molecule has 12 heavy (non-hydrogen) atoms. The molecule has 70 valence electrons. The number of amidine groups is 1. The van der Waals surface area contributed by atoms with Crippen molar-refractivity contribution in [2.75, 3.05) is 20.6 Å². The van der Waals surface area contributed by atoms with Crippen molar-refractivity contribution in [2.24, 2.45) is 5.10 Å². The molecule has 1 amide bonds. The molecule has 0 spiro atoms. The van der Waals surface area contributed by atoms with Gasteiger partial charge in [0.05, 0.1) is 0 Å². The van der Waals surface area contributed by atoms with Crippen LogP contribution < -0.4 is 0 Å². The third-order valence-corrected chi connectivity index (χ3v) is 1.54. The first-order valence-electron chi connectivity index (χ1n) is 4.14. The summed E-state index contributed by atoms with van der Waals surface area (Å²) in [5.41, 5.74) is 0. The molecule has 4 heteroatoms. The van der Waals surface area contributed by atoms with E-state index in [9.17, 15) is 4.79 Å². The van der Waals surface area contributed by atoms with Gasteiger partial charge in [-0.3, -0.25) is 9.80 Å². The molecule has 0 saturated carbocycles. The molecule has 0 aromatic heterocycles. The number of hydrazone groups is 1. The van der Waals surface area contributed by atoms with Gasteiger partial charge in [0.15, 0.2) is 0 Å². The molecular weight excluding hydrogens is 154 g/mol. The number of carbonyl (C=O) groups excluding carboxylic acids is 1. The first-order chi connectivity index (χ1) is 5.61. The molecule has 0 N–H and O–H groups in total. The maximum Gasteiger partial charge on any atom is 0.248 e. The Labute approximate surface area is 73.8 Å². The monoisotopic (exact) mass is 171 g/mol. The number of nitrogens with zero attached hydrogens (tertiary/aromatic N) is 3. The number of hydrogen-bond acceptors (Lipinski definition) is 3. The summed E-state index contributed by atoms with van der Waals surface area (Å²) in [5, 5.41) is 5.71. The van der Waals surface area contributed by atoms with Crippen molar-refractivity contribution in [2.45, 2.75) is 20.8 Å². The summed E-state index contributed by atoms with van der Waals surface area (Å²) < 4.78 is 0. The minimum atomic E-state index is 0.0926. The molecule has 1 rings (SSSR count). The van der Waals surface area contributed by atoms with Crippen LogP contribution in [0.5, 0.6) is 0 Å². The predicted molar refractivity (Wildman–Crippen MR) is 49.9 cm³/mol. The fraction of sp³-hybridized carbons (Fsp3) is 0.750. The van der Waals surface area contributed by atoms with E-state index in [1.165, 1.54) is 0 Å². The van der Waals surface area contributed by atoms with Gasteiger partial charge >= 0.3 is 0 Å². The van der Waals surface area contributed by atoms with Crippen molar-refractivity contribution < 1.29 is 4.79 Å². The third-order valence-electron chi connectivity index (χ3n) is 1.54. The third kappa shape index (κ3) is 2.53.